The smallest absolute Gasteiger partial charge is 0.255 e. The number of nitrogens with one attached hydrogen (secondary N) is 1. The first-order valence-electron chi connectivity index (χ1n) is 8.15. The molecular formula is C18H24ClN3O2. The van der Waals surface area contributed by atoms with Crippen LogP contribution in [0.15, 0.2) is 30.5 Å². The Morgan fingerprint density at radius 2 is 1.92 bits per heavy atom. The molecule has 0 bridgehead atoms. The van der Waals surface area contributed by atoms with Crippen molar-refractivity contribution in [3.8, 4) is 0 Å². The van der Waals surface area contributed by atoms with E-state index >= 15 is 0 Å². The molecule has 0 spiro atoms. The number of benzene rings is 1. The fraction of sp³-hybridized carbons (Fsp3) is 0.444. The molecular weight excluding hydrogens is 326 g/mol. The van der Waals surface area contributed by atoms with Gasteiger partial charge in [0.25, 0.3) is 5.91 Å². The molecule has 2 atom stereocenters. The minimum Gasteiger partial charge on any atom is -0.386 e. The van der Waals surface area contributed by atoms with Gasteiger partial charge in [-0.1, -0.05) is 37.6 Å². The number of aryl methyl sites for hydroxylation is 1. The number of hydrogen-bond donors (Lipinski definition) is 2. The molecule has 24 heavy (non-hydrogen) atoms. The summed E-state index contributed by atoms with van der Waals surface area (Å²) in [5.41, 5.74) is 2.03. The summed E-state index contributed by atoms with van der Waals surface area (Å²) in [6.45, 7) is 8.47. The van der Waals surface area contributed by atoms with E-state index in [9.17, 15) is 9.90 Å². The molecule has 0 aliphatic carbocycles. The molecule has 2 rings (SSSR count). The highest BCUT2D eigenvalue weighted by Crippen LogP contribution is 2.21. The molecule has 1 amide bonds. The number of nitrogens with zero attached hydrogens (tertiary/aromatic N) is 2. The molecule has 130 valence electrons. The first-order chi connectivity index (χ1) is 11.3. The maximum Gasteiger partial charge on any atom is 0.255 e. The van der Waals surface area contributed by atoms with Crippen molar-refractivity contribution in [3.05, 3.63) is 52.3 Å². The Morgan fingerprint density at radius 1 is 1.29 bits per heavy atom. The molecule has 0 fully saturated rings. The molecule has 2 unspecified atom stereocenters. The molecule has 1 aromatic carbocycles. The lowest BCUT2D eigenvalue weighted by atomic mass is 10.0. The summed E-state index contributed by atoms with van der Waals surface area (Å²) in [5.74, 6) is -0.0750. The Labute approximate surface area is 147 Å². The number of aromatic nitrogens is 2. The first-order valence-corrected chi connectivity index (χ1v) is 8.53. The van der Waals surface area contributed by atoms with E-state index in [1.807, 2.05) is 20.8 Å². The molecule has 5 nitrogen and oxygen atoms in total. The van der Waals surface area contributed by atoms with Crippen LogP contribution in [0.3, 0.4) is 0 Å². The van der Waals surface area contributed by atoms with Crippen molar-refractivity contribution in [1.82, 2.24) is 15.1 Å². The highest BCUT2D eigenvalue weighted by molar-refractivity contribution is 6.30. The number of aliphatic hydroxyl groups is 1. The summed E-state index contributed by atoms with van der Waals surface area (Å²) in [4.78, 5) is 12.6. The maximum atomic E-state index is 12.6. The highest BCUT2D eigenvalue weighted by Gasteiger charge is 2.23. The van der Waals surface area contributed by atoms with Crippen LogP contribution >= 0.6 is 11.6 Å². The number of carbonyl (C=O) groups is 1. The predicted octanol–water partition coefficient (Wildman–Crippen LogP) is 3.53. The molecule has 0 radical (unpaired) electrons. The standard InChI is InChI=1S/C18H24ClN3O2/c1-5-22-10-15(16(21-22)11(2)3)18(24)20-12(4)17(23)13-6-8-14(19)9-7-13/h6-12,17,23H,5H2,1-4H3,(H,20,24). The number of rotatable bonds is 6. The third-order valence-electron chi connectivity index (χ3n) is 3.95. The van der Waals surface area contributed by atoms with Gasteiger partial charge in [0.2, 0.25) is 0 Å². The van der Waals surface area contributed by atoms with Gasteiger partial charge in [0, 0.05) is 17.8 Å². The number of amides is 1. The summed E-state index contributed by atoms with van der Waals surface area (Å²) in [7, 11) is 0. The van der Waals surface area contributed by atoms with E-state index in [0.717, 1.165) is 5.69 Å². The average molecular weight is 350 g/mol. The van der Waals surface area contributed by atoms with Gasteiger partial charge in [0.15, 0.2) is 0 Å². The summed E-state index contributed by atoms with van der Waals surface area (Å²) in [6, 6.07) is 6.51. The second kappa shape index (κ2) is 7.81. The van der Waals surface area contributed by atoms with Gasteiger partial charge in [0.05, 0.1) is 23.4 Å². The van der Waals surface area contributed by atoms with E-state index in [0.29, 0.717) is 22.7 Å². The van der Waals surface area contributed by atoms with Gasteiger partial charge < -0.3 is 10.4 Å². The lowest BCUT2D eigenvalue weighted by Crippen LogP contribution is -2.37. The second-order valence-electron chi connectivity index (χ2n) is 6.20. The molecule has 0 aliphatic heterocycles. The molecule has 2 N–H and O–H groups in total. The van der Waals surface area contributed by atoms with Crippen LogP contribution in [-0.4, -0.2) is 26.8 Å². The largest absolute Gasteiger partial charge is 0.386 e. The number of hydrogen-bond acceptors (Lipinski definition) is 3. The van der Waals surface area contributed by atoms with Gasteiger partial charge in [-0.05, 0) is 37.5 Å². The van der Waals surface area contributed by atoms with Crippen LogP contribution in [0.1, 0.15) is 61.3 Å². The highest BCUT2D eigenvalue weighted by atomic mass is 35.5. The fourth-order valence-electron chi connectivity index (χ4n) is 2.51. The monoisotopic (exact) mass is 349 g/mol. The lowest BCUT2D eigenvalue weighted by molar-refractivity contribution is 0.0851. The molecule has 2 aromatic rings. The molecule has 0 saturated heterocycles. The van der Waals surface area contributed by atoms with Gasteiger partial charge in [-0.2, -0.15) is 5.10 Å². The third-order valence-corrected chi connectivity index (χ3v) is 4.20. The van der Waals surface area contributed by atoms with Crippen molar-refractivity contribution in [1.29, 1.82) is 0 Å². The zero-order chi connectivity index (χ0) is 17.9. The van der Waals surface area contributed by atoms with Crippen molar-refractivity contribution in [2.75, 3.05) is 0 Å². The number of halogens is 1. The Morgan fingerprint density at radius 3 is 2.46 bits per heavy atom. The van der Waals surface area contributed by atoms with Gasteiger partial charge in [-0.15, -0.1) is 0 Å². The fourth-order valence-corrected chi connectivity index (χ4v) is 2.64. The van der Waals surface area contributed by atoms with Crippen molar-refractivity contribution in [2.45, 2.75) is 52.3 Å². The molecule has 1 heterocycles. The lowest BCUT2D eigenvalue weighted by Gasteiger charge is -2.21. The molecule has 1 aromatic heterocycles. The van der Waals surface area contributed by atoms with E-state index in [1.165, 1.54) is 0 Å². The van der Waals surface area contributed by atoms with Crippen LogP contribution in [0.5, 0.6) is 0 Å². The van der Waals surface area contributed by atoms with Crippen molar-refractivity contribution < 1.29 is 9.90 Å². The first kappa shape index (κ1) is 18.5. The Balaban J connectivity index is 2.13. The van der Waals surface area contributed by atoms with Crippen LogP contribution < -0.4 is 5.32 Å². The zero-order valence-corrected chi connectivity index (χ0v) is 15.2. The molecule has 6 heteroatoms. The van der Waals surface area contributed by atoms with Gasteiger partial charge in [-0.25, -0.2) is 0 Å². The third kappa shape index (κ3) is 4.16. The average Bonchev–Trinajstić information content (AvgIpc) is 2.99. The minimum atomic E-state index is -0.810. The Kier molecular flexibility index (Phi) is 6.02. The van der Waals surface area contributed by atoms with Crippen LogP contribution in [0, 0.1) is 0 Å². The second-order valence-corrected chi connectivity index (χ2v) is 6.63. The Hall–Kier alpha value is -1.85. The van der Waals surface area contributed by atoms with Gasteiger partial charge in [0.1, 0.15) is 0 Å². The van der Waals surface area contributed by atoms with Crippen LogP contribution in [0.25, 0.3) is 0 Å². The Bertz CT molecular complexity index is 695. The van der Waals surface area contributed by atoms with E-state index in [-0.39, 0.29) is 11.8 Å². The molecule has 0 aliphatic rings. The van der Waals surface area contributed by atoms with E-state index in [2.05, 4.69) is 10.4 Å². The normalized spacial score (nSPS) is 13.8. The topological polar surface area (TPSA) is 67.2 Å². The predicted molar refractivity (Wildman–Crippen MR) is 95.3 cm³/mol. The SMILES string of the molecule is CCn1cc(C(=O)NC(C)C(O)c2ccc(Cl)cc2)c(C(C)C)n1. The van der Waals surface area contributed by atoms with Crippen LogP contribution in [0.4, 0.5) is 0 Å². The van der Waals surface area contributed by atoms with E-state index in [4.69, 9.17) is 11.6 Å². The summed E-state index contributed by atoms with van der Waals surface area (Å²) >= 11 is 5.86. The number of carbonyl (C=O) groups excluding carboxylic acids is 1. The summed E-state index contributed by atoms with van der Waals surface area (Å²) < 4.78 is 1.75. The minimum absolute atomic E-state index is 0.148. The van der Waals surface area contributed by atoms with Gasteiger partial charge >= 0.3 is 0 Å². The van der Waals surface area contributed by atoms with E-state index < -0.39 is 12.1 Å². The van der Waals surface area contributed by atoms with Crippen LogP contribution in [0.2, 0.25) is 5.02 Å². The summed E-state index contributed by atoms with van der Waals surface area (Å²) in [6.07, 6.45) is 0.946. The van der Waals surface area contributed by atoms with E-state index in [1.54, 1.807) is 42.1 Å². The quantitative estimate of drug-likeness (QED) is 0.838. The molecule has 0 saturated carbocycles. The van der Waals surface area contributed by atoms with Crippen LogP contribution in [-0.2, 0) is 6.54 Å². The van der Waals surface area contributed by atoms with Crippen molar-refractivity contribution in [3.63, 3.8) is 0 Å². The summed E-state index contributed by atoms with van der Waals surface area (Å²) in [5, 5.41) is 18.3. The van der Waals surface area contributed by atoms with Crippen molar-refractivity contribution in [2.24, 2.45) is 0 Å². The zero-order valence-electron chi connectivity index (χ0n) is 14.5. The van der Waals surface area contributed by atoms with Gasteiger partial charge in [-0.3, -0.25) is 9.48 Å². The number of aliphatic hydroxyl groups excluding tert-OH is 1. The maximum absolute atomic E-state index is 12.6. The van der Waals surface area contributed by atoms with Crippen molar-refractivity contribution >= 4 is 17.5 Å².